The van der Waals surface area contributed by atoms with Gasteiger partial charge in [0.2, 0.25) is 0 Å². The van der Waals surface area contributed by atoms with Crippen molar-refractivity contribution in [1.82, 2.24) is 0 Å². The second-order valence-corrected chi connectivity index (χ2v) is 7.74. The van der Waals surface area contributed by atoms with Gasteiger partial charge in [-0.05, 0) is 35.7 Å². The molecule has 0 aliphatic rings. The van der Waals surface area contributed by atoms with Crippen LogP contribution in [-0.4, -0.2) is 8.42 Å². The summed E-state index contributed by atoms with van der Waals surface area (Å²) in [5.41, 5.74) is 0.257. The Morgan fingerprint density at radius 3 is 2.50 bits per heavy atom. The van der Waals surface area contributed by atoms with E-state index < -0.39 is 15.6 Å². The SMILES string of the molecule is O=c1ccc2cc(NS(=O)(=O)c3c(Cl)ccc4ccccc34)ccc2o1. The van der Waals surface area contributed by atoms with Crippen LogP contribution in [0.5, 0.6) is 0 Å². The van der Waals surface area contributed by atoms with Crippen molar-refractivity contribution in [2.75, 3.05) is 4.72 Å². The topological polar surface area (TPSA) is 76.4 Å². The van der Waals surface area contributed by atoms with Gasteiger partial charge in [-0.1, -0.05) is 41.9 Å². The lowest BCUT2D eigenvalue weighted by atomic mass is 10.1. The molecule has 0 aliphatic carbocycles. The Morgan fingerprint density at radius 1 is 0.885 bits per heavy atom. The first-order chi connectivity index (χ1) is 12.4. The van der Waals surface area contributed by atoms with Crippen molar-refractivity contribution in [2.45, 2.75) is 4.90 Å². The van der Waals surface area contributed by atoms with Crippen LogP contribution in [0.25, 0.3) is 21.7 Å². The fourth-order valence-corrected chi connectivity index (χ4v) is 4.64. The van der Waals surface area contributed by atoms with E-state index in [9.17, 15) is 13.2 Å². The molecule has 0 bridgehead atoms. The minimum Gasteiger partial charge on any atom is -0.423 e. The molecule has 0 saturated heterocycles. The van der Waals surface area contributed by atoms with E-state index in [1.807, 2.05) is 12.1 Å². The van der Waals surface area contributed by atoms with E-state index in [1.165, 1.54) is 12.1 Å². The van der Waals surface area contributed by atoms with Gasteiger partial charge >= 0.3 is 5.63 Å². The van der Waals surface area contributed by atoms with Crippen LogP contribution in [0.4, 0.5) is 5.69 Å². The summed E-state index contributed by atoms with van der Waals surface area (Å²) in [6, 6.07) is 18.0. The molecular formula is C19H12ClNO4S. The second kappa shape index (κ2) is 6.16. The van der Waals surface area contributed by atoms with E-state index in [4.69, 9.17) is 16.0 Å². The van der Waals surface area contributed by atoms with E-state index in [2.05, 4.69) is 4.72 Å². The molecule has 1 aromatic heterocycles. The van der Waals surface area contributed by atoms with Gasteiger partial charge in [-0.3, -0.25) is 4.72 Å². The first-order valence-corrected chi connectivity index (χ1v) is 9.54. The molecule has 0 aliphatic heterocycles. The van der Waals surface area contributed by atoms with Gasteiger partial charge in [-0.2, -0.15) is 0 Å². The van der Waals surface area contributed by atoms with Gasteiger partial charge in [0.05, 0.1) is 5.02 Å². The molecule has 7 heteroatoms. The van der Waals surface area contributed by atoms with Crippen LogP contribution in [0.15, 0.2) is 80.8 Å². The highest BCUT2D eigenvalue weighted by Crippen LogP contribution is 2.32. The number of nitrogens with one attached hydrogen (secondary N) is 1. The first-order valence-electron chi connectivity index (χ1n) is 7.68. The maximum atomic E-state index is 13.0. The number of rotatable bonds is 3. The minimum absolute atomic E-state index is 0.0250. The number of hydrogen-bond donors (Lipinski definition) is 1. The summed E-state index contributed by atoms with van der Waals surface area (Å²) in [6.45, 7) is 0. The summed E-state index contributed by atoms with van der Waals surface area (Å²) in [6.07, 6.45) is 0. The van der Waals surface area contributed by atoms with Crippen molar-refractivity contribution >= 4 is 49.1 Å². The zero-order valence-electron chi connectivity index (χ0n) is 13.3. The van der Waals surface area contributed by atoms with Gasteiger partial charge in [0.15, 0.2) is 0 Å². The lowest BCUT2D eigenvalue weighted by molar-refractivity contribution is 0.561. The van der Waals surface area contributed by atoms with Crippen molar-refractivity contribution in [1.29, 1.82) is 0 Å². The largest absolute Gasteiger partial charge is 0.423 e. The number of halogens is 1. The van der Waals surface area contributed by atoms with Gasteiger partial charge in [0.25, 0.3) is 10.0 Å². The van der Waals surface area contributed by atoms with E-state index in [-0.39, 0.29) is 9.92 Å². The summed E-state index contributed by atoms with van der Waals surface area (Å²) < 4.78 is 33.5. The predicted octanol–water partition coefficient (Wildman–Crippen LogP) is 4.40. The molecule has 1 heterocycles. The zero-order chi connectivity index (χ0) is 18.3. The van der Waals surface area contributed by atoms with Crippen molar-refractivity contribution in [3.8, 4) is 0 Å². The molecule has 0 radical (unpaired) electrons. The molecule has 0 amide bonds. The van der Waals surface area contributed by atoms with Gasteiger partial charge in [-0.15, -0.1) is 0 Å². The van der Waals surface area contributed by atoms with E-state index >= 15 is 0 Å². The first kappa shape index (κ1) is 16.6. The molecule has 5 nitrogen and oxygen atoms in total. The maximum Gasteiger partial charge on any atom is 0.336 e. The molecule has 0 fully saturated rings. The normalized spacial score (nSPS) is 11.7. The summed E-state index contributed by atoms with van der Waals surface area (Å²) >= 11 is 6.20. The lowest BCUT2D eigenvalue weighted by Crippen LogP contribution is -2.14. The number of benzene rings is 3. The van der Waals surface area contributed by atoms with Gasteiger partial charge in [0, 0.05) is 22.5 Å². The summed E-state index contributed by atoms with van der Waals surface area (Å²) in [7, 11) is -3.92. The standard InChI is InChI=1S/C19H12ClNO4S/c20-16-8-5-12-3-1-2-4-15(12)19(16)26(23,24)21-14-7-9-17-13(11-14)6-10-18(22)25-17/h1-11,21H. The van der Waals surface area contributed by atoms with Crippen LogP contribution in [0.1, 0.15) is 0 Å². The highest BCUT2D eigenvalue weighted by Gasteiger charge is 2.21. The molecular weight excluding hydrogens is 374 g/mol. The van der Waals surface area contributed by atoms with Crippen molar-refractivity contribution in [2.24, 2.45) is 0 Å². The molecule has 130 valence electrons. The molecule has 3 aromatic carbocycles. The third-order valence-electron chi connectivity index (χ3n) is 3.97. The Balaban J connectivity index is 1.82. The number of fused-ring (bicyclic) bond motifs is 2. The molecule has 0 unspecified atom stereocenters. The smallest absolute Gasteiger partial charge is 0.336 e. The summed E-state index contributed by atoms with van der Waals surface area (Å²) in [5, 5.41) is 2.06. The van der Waals surface area contributed by atoms with E-state index in [1.54, 1.807) is 42.5 Å². The number of sulfonamides is 1. The van der Waals surface area contributed by atoms with Crippen molar-refractivity contribution in [3.63, 3.8) is 0 Å². The molecule has 1 N–H and O–H groups in total. The Hall–Kier alpha value is -2.83. The second-order valence-electron chi connectivity index (χ2n) is 5.71. The van der Waals surface area contributed by atoms with Crippen LogP contribution in [0.2, 0.25) is 5.02 Å². The van der Waals surface area contributed by atoms with Crippen LogP contribution in [0.3, 0.4) is 0 Å². The lowest BCUT2D eigenvalue weighted by Gasteiger charge is -2.12. The summed E-state index contributed by atoms with van der Waals surface area (Å²) in [4.78, 5) is 11.3. The van der Waals surface area contributed by atoms with Gasteiger partial charge in [0.1, 0.15) is 10.5 Å². The van der Waals surface area contributed by atoms with Crippen LogP contribution in [0, 0.1) is 0 Å². The predicted molar refractivity (Wildman–Crippen MR) is 102 cm³/mol. The molecule has 0 atom stereocenters. The van der Waals surface area contributed by atoms with E-state index in [0.29, 0.717) is 22.0 Å². The maximum absolute atomic E-state index is 13.0. The molecule has 26 heavy (non-hydrogen) atoms. The zero-order valence-corrected chi connectivity index (χ0v) is 14.8. The van der Waals surface area contributed by atoms with Crippen molar-refractivity contribution < 1.29 is 12.8 Å². The van der Waals surface area contributed by atoms with Gasteiger partial charge in [-0.25, -0.2) is 13.2 Å². The number of hydrogen-bond acceptors (Lipinski definition) is 4. The highest BCUT2D eigenvalue weighted by atomic mass is 35.5. The average molecular weight is 386 g/mol. The molecule has 4 rings (SSSR count). The van der Waals surface area contributed by atoms with Crippen LogP contribution < -0.4 is 10.3 Å². The minimum atomic E-state index is -3.92. The van der Waals surface area contributed by atoms with Crippen LogP contribution >= 0.6 is 11.6 Å². The highest BCUT2D eigenvalue weighted by molar-refractivity contribution is 7.93. The monoisotopic (exact) mass is 385 g/mol. The molecule has 0 saturated carbocycles. The van der Waals surface area contributed by atoms with Gasteiger partial charge < -0.3 is 4.42 Å². The van der Waals surface area contributed by atoms with E-state index in [0.717, 1.165) is 5.39 Å². The quantitative estimate of drug-likeness (QED) is 0.530. The van der Waals surface area contributed by atoms with Crippen molar-refractivity contribution in [3.05, 3.63) is 82.2 Å². The third kappa shape index (κ3) is 2.94. The molecule has 0 spiro atoms. The Morgan fingerprint density at radius 2 is 1.65 bits per heavy atom. The molecule has 4 aromatic rings. The third-order valence-corrected chi connectivity index (χ3v) is 5.88. The average Bonchev–Trinajstić information content (AvgIpc) is 2.61. The Kier molecular flexibility index (Phi) is 3.94. The summed E-state index contributed by atoms with van der Waals surface area (Å²) in [5.74, 6) is 0. The van der Waals surface area contributed by atoms with Crippen LogP contribution in [-0.2, 0) is 10.0 Å². The Bertz CT molecular complexity index is 1310. The number of anilines is 1. The fraction of sp³-hybridized carbons (Fsp3) is 0. The fourth-order valence-electron chi connectivity index (χ4n) is 2.83. The Labute approximate surface area is 153 Å².